The highest BCUT2D eigenvalue weighted by atomic mass is 16.5. The van der Waals surface area contributed by atoms with Crippen LogP contribution in [0.4, 0.5) is 0 Å². The molecule has 0 heterocycles. The zero-order valence-corrected chi connectivity index (χ0v) is 17.7. The summed E-state index contributed by atoms with van der Waals surface area (Å²) in [5.74, 6) is 2.90. The number of methoxy groups -OCH3 is 3. The molecule has 29 heavy (non-hydrogen) atoms. The number of rotatable bonds is 12. The fourth-order valence-electron chi connectivity index (χ4n) is 3.04. The minimum absolute atomic E-state index is 0.0454. The van der Waals surface area contributed by atoms with Gasteiger partial charge in [0.25, 0.3) is 0 Å². The van der Waals surface area contributed by atoms with Gasteiger partial charge in [-0.25, -0.2) is 0 Å². The maximum absolute atomic E-state index is 12.1. The molecule has 0 spiro atoms. The van der Waals surface area contributed by atoms with Crippen molar-refractivity contribution in [2.75, 3.05) is 34.5 Å². The van der Waals surface area contributed by atoms with Crippen molar-refractivity contribution in [1.29, 1.82) is 0 Å². The molecule has 2 aromatic carbocycles. The number of hydrogen-bond acceptors (Lipinski definition) is 5. The molecular weight excluding hydrogens is 370 g/mol. The van der Waals surface area contributed by atoms with Gasteiger partial charge in [0.15, 0.2) is 23.0 Å². The highest BCUT2D eigenvalue weighted by molar-refractivity contribution is 5.76. The van der Waals surface area contributed by atoms with E-state index in [1.54, 1.807) is 21.3 Å². The third-order valence-corrected chi connectivity index (χ3v) is 4.58. The van der Waals surface area contributed by atoms with Crippen molar-refractivity contribution in [3.8, 4) is 23.0 Å². The van der Waals surface area contributed by atoms with E-state index in [0.29, 0.717) is 37.5 Å². The quantitative estimate of drug-likeness (QED) is 0.548. The predicted octanol–water partition coefficient (Wildman–Crippen LogP) is 3.79. The van der Waals surface area contributed by atoms with E-state index in [0.717, 1.165) is 35.5 Å². The monoisotopic (exact) mass is 401 g/mol. The highest BCUT2D eigenvalue weighted by Gasteiger charge is 2.08. The molecule has 2 aromatic rings. The Balaban J connectivity index is 1.73. The average molecular weight is 402 g/mol. The number of ether oxygens (including phenoxy) is 4. The number of hydrogen-bond donors (Lipinski definition) is 1. The van der Waals surface area contributed by atoms with Gasteiger partial charge in [0, 0.05) is 13.0 Å². The van der Waals surface area contributed by atoms with Crippen LogP contribution in [0.2, 0.25) is 0 Å². The van der Waals surface area contributed by atoms with Crippen molar-refractivity contribution in [3.63, 3.8) is 0 Å². The maximum Gasteiger partial charge on any atom is 0.220 e. The van der Waals surface area contributed by atoms with Gasteiger partial charge >= 0.3 is 0 Å². The van der Waals surface area contributed by atoms with Crippen LogP contribution in [-0.2, 0) is 17.6 Å². The van der Waals surface area contributed by atoms with Gasteiger partial charge in [-0.15, -0.1) is 0 Å². The fraction of sp³-hybridized carbons (Fsp3) is 0.435. The Labute approximate surface area is 173 Å². The van der Waals surface area contributed by atoms with E-state index in [-0.39, 0.29) is 5.91 Å². The summed E-state index contributed by atoms with van der Waals surface area (Å²) in [7, 11) is 4.85. The number of nitrogens with one attached hydrogen (secondary N) is 1. The van der Waals surface area contributed by atoms with Gasteiger partial charge in [-0.3, -0.25) is 4.79 Å². The third-order valence-electron chi connectivity index (χ3n) is 4.58. The van der Waals surface area contributed by atoms with Gasteiger partial charge in [-0.05, 0) is 61.6 Å². The summed E-state index contributed by atoms with van der Waals surface area (Å²) in [5, 5.41) is 2.98. The van der Waals surface area contributed by atoms with Crippen LogP contribution in [0.1, 0.15) is 30.9 Å². The van der Waals surface area contributed by atoms with Crippen LogP contribution in [0, 0.1) is 0 Å². The van der Waals surface area contributed by atoms with E-state index >= 15 is 0 Å². The molecule has 0 saturated heterocycles. The molecule has 0 saturated carbocycles. The van der Waals surface area contributed by atoms with Crippen LogP contribution in [0.25, 0.3) is 0 Å². The lowest BCUT2D eigenvalue weighted by molar-refractivity contribution is -0.121. The molecule has 1 amide bonds. The molecule has 0 unspecified atom stereocenters. The van der Waals surface area contributed by atoms with Crippen molar-refractivity contribution in [2.45, 2.75) is 32.6 Å². The Morgan fingerprint density at radius 3 is 2.03 bits per heavy atom. The second-order valence-corrected chi connectivity index (χ2v) is 6.56. The number of carbonyl (C=O) groups is 1. The lowest BCUT2D eigenvalue weighted by Crippen LogP contribution is -2.25. The molecule has 6 heteroatoms. The Morgan fingerprint density at radius 1 is 0.828 bits per heavy atom. The van der Waals surface area contributed by atoms with E-state index in [9.17, 15) is 4.79 Å². The third kappa shape index (κ3) is 6.89. The Morgan fingerprint density at radius 2 is 1.41 bits per heavy atom. The summed E-state index contributed by atoms with van der Waals surface area (Å²) in [6.45, 7) is 3.19. The smallest absolute Gasteiger partial charge is 0.220 e. The second-order valence-electron chi connectivity index (χ2n) is 6.56. The zero-order valence-electron chi connectivity index (χ0n) is 17.7. The van der Waals surface area contributed by atoms with Crippen LogP contribution in [0.3, 0.4) is 0 Å². The standard InChI is InChI=1S/C23H31NO5/c1-5-29-20-12-9-17(15-22(20)28-4)7-6-14-24-23(25)13-10-18-8-11-19(26-2)21(16-18)27-3/h8-9,11-12,15-16H,5-7,10,13-14H2,1-4H3,(H,24,25). The van der Waals surface area contributed by atoms with E-state index < -0.39 is 0 Å². The molecule has 0 aliphatic carbocycles. The molecule has 0 bridgehead atoms. The van der Waals surface area contributed by atoms with E-state index in [1.165, 1.54) is 0 Å². The Kier molecular flexibility index (Phi) is 9.15. The van der Waals surface area contributed by atoms with Crippen molar-refractivity contribution in [2.24, 2.45) is 0 Å². The molecule has 0 radical (unpaired) electrons. The molecule has 0 fully saturated rings. The molecular formula is C23H31NO5. The summed E-state index contributed by atoms with van der Waals surface area (Å²) in [4.78, 5) is 12.1. The first-order chi connectivity index (χ1) is 14.1. The first-order valence-corrected chi connectivity index (χ1v) is 9.88. The Bertz CT molecular complexity index is 791. The van der Waals surface area contributed by atoms with Crippen molar-refractivity contribution in [3.05, 3.63) is 47.5 Å². The zero-order chi connectivity index (χ0) is 21.1. The normalized spacial score (nSPS) is 10.3. The first kappa shape index (κ1) is 22.4. The van der Waals surface area contributed by atoms with Crippen LogP contribution in [-0.4, -0.2) is 40.4 Å². The molecule has 0 aromatic heterocycles. The van der Waals surface area contributed by atoms with E-state index in [4.69, 9.17) is 18.9 Å². The van der Waals surface area contributed by atoms with Gasteiger partial charge in [-0.2, -0.15) is 0 Å². The molecule has 2 rings (SSSR count). The molecule has 0 atom stereocenters. The minimum atomic E-state index is 0.0454. The largest absolute Gasteiger partial charge is 0.493 e. The van der Waals surface area contributed by atoms with E-state index in [2.05, 4.69) is 5.32 Å². The predicted molar refractivity (Wildman–Crippen MR) is 113 cm³/mol. The SMILES string of the molecule is CCOc1ccc(CCCNC(=O)CCc2ccc(OC)c(OC)c2)cc1OC. The van der Waals surface area contributed by atoms with Crippen molar-refractivity contribution in [1.82, 2.24) is 5.32 Å². The average Bonchev–Trinajstić information content (AvgIpc) is 2.75. The molecule has 158 valence electrons. The molecule has 1 N–H and O–H groups in total. The van der Waals surface area contributed by atoms with Gasteiger partial charge in [0.2, 0.25) is 5.91 Å². The number of benzene rings is 2. The van der Waals surface area contributed by atoms with Crippen molar-refractivity contribution < 1.29 is 23.7 Å². The van der Waals surface area contributed by atoms with Crippen molar-refractivity contribution >= 4 is 5.91 Å². The van der Waals surface area contributed by atoms with Gasteiger partial charge in [-0.1, -0.05) is 12.1 Å². The van der Waals surface area contributed by atoms with Gasteiger partial charge in [0.05, 0.1) is 27.9 Å². The fourth-order valence-corrected chi connectivity index (χ4v) is 3.04. The lowest BCUT2D eigenvalue weighted by atomic mass is 10.1. The van der Waals surface area contributed by atoms with E-state index in [1.807, 2.05) is 43.3 Å². The summed E-state index contributed by atoms with van der Waals surface area (Å²) >= 11 is 0. The highest BCUT2D eigenvalue weighted by Crippen LogP contribution is 2.29. The van der Waals surface area contributed by atoms with Gasteiger partial charge < -0.3 is 24.3 Å². The minimum Gasteiger partial charge on any atom is -0.493 e. The molecule has 0 aliphatic heterocycles. The molecule has 0 aliphatic rings. The number of amides is 1. The van der Waals surface area contributed by atoms with Crippen LogP contribution < -0.4 is 24.3 Å². The topological polar surface area (TPSA) is 66.0 Å². The van der Waals surface area contributed by atoms with Crippen LogP contribution in [0.15, 0.2) is 36.4 Å². The summed E-state index contributed by atoms with van der Waals surface area (Å²) < 4.78 is 21.4. The Hall–Kier alpha value is -2.89. The van der Waals surface area contributed by atoms with Crippen LogP contribution >= 0.6 is 0 Å². The number of aryl methyl sites for hydroxylation is 2. The number of carbonyl (C=O) groups excluding carboxylic acids is 1. The summed E-state index contributed by atoms with van der Waals surface area (Å²) in [5.41, 5.74) is 2.20. The van der Waals surface area contributed by atoms with Crippen LogP contribution in [0.5, 0.6) is 23.0 Å². The summed E-state index contributed by atoms with van der Waals surface area (Å²) in [6, 6.07) is 11.7. The maximum atomic E-state index is 12.1. The van der Waals surface area contributed by atoms with Gasteiger partial charge in [0.1, 0.15) is 0 Å². The molecule has 6 nitrogen and oxygen atoms in total. The lowest BCUT2D eigenvalue weighted by Gasteiger charge is -2.11. The summed E-state index contributed by atoms with van der Waals surface area (Å²) in [6.07, 6.45) is 2.81. The first-order valence-electron chi connectivity index (χ1n) is 9.88. The second kappa shape index (κ2) is 11.8.